The first-order valence-electron chi connectivity index (χ1n) is 4.72. The molecule has 1 amide bonds. The van der Waals surface area contributed by atoms with Crippen LogP contribution in [0, 0.1) is 0 Å². The van der Waals surface area contributed by atoms with Crippen molar-refractivity contribution >= 4 is 5.91 Å². The minimum Gasteiger partial charge on any atom is -0.348 e. The molecule has 0 saturated heterocycles. The van der Waals surface area contributed by atoms with Crippen LogP contribution in [0.4, 0.5) is 0 Å². The Morgan fingerprint density at radius 1 is 1.29 bits per heavy atom. The number of amides is 1. The molecule has 1 aromatic carbocycles. The molecule has 0 aliphatic rings. The quantitative estimate of drug-likeness (QED) is 0.756. The van der Waals surface area contributed by atoms with E-state index in [0.717, 1.165) is 5.56 Å². The second kappa shape index (κ2) is 4.77. The average molecular weight is 192 g/mol. The van der Waals surface area contributed by atoms with Gasteiger partial charge in [0.2, 0.25) is 5.91 Å². The lowest BCUT2D eigenvalue weighted by molar-refractivity contribution is -0.122. The predicted molar refractivity (Wildman–Crippen MR) is 56.6 cm³/mol. The molecule has 0 radical (unpaired) electrons. The van der Waals surface area contributed by atoms with Crippen LogP contribution in [0.2, 0.25) is 0 Å². The number of benzene rings is 1. The molecule has 2 atom stereocenters. The third-order valence-corrected chi connectivity index (χ3v) is 2.07. The van der Waals surface area contributed by atoms with Gasteiger partial charge in [0.1, 0.15) is 0 Å². The van der Waals surface area contributed by atoms with E-state index in [2.05, 4.69) is 5.32 Å². The second-order valence-electron chi connectivity index (χ2n) is 3.43. The van der Waals surface area contributed by atoms with Gasteiger partial charge in [-0.3, -0.25) is 4.79 Å². The van der Waals surface area contributed by atoms with Gasteiger partial charge in [-0.05, 0) is 19.4 Å². The summed E-state index contributed by atoms with van der Waals surface area (Å²) in [6.07, 6.45) is 0. The Bertz CT molecular complexity index is 295. The summed E-state index contributed by atoms with van der Waals surface area (Å²) in [6, 6.07) is 9.35. The minimum absolute atomic E-state index is 0.00898. The molecule has 1 rings (SSSR count). The summed E-state index contributed by atoms with van der Waals surface area (Å²) in [7, 11) is 0. The molecule has 3 N–H and O–H groups in total. The fourth-order valence-corrected chi connectivity index (χ4v) is 1.17. The van der Waals surface area contributed by atoms with Gasteiger partial charge in [0, 0.05) is 0 Å². The van der Waals surface area contributed by atoms with Crippen molar-refractivity contribution in [3.05, 3.63) is 35.9 Å². The molecular weight excluding hydrogens is 176 g/mol. The standard InChI is InChI=1S/C11H16N2O/c1-8(12)11(14)13-9(2)10-6-4-3-5-7-10/h3-9H,12H2,1-2H3,(H,13,14)/t8-,9+/m1/s1. The highest BCUT2D eigenvalue weighted by atomic mass is 16.2. The summed E-state index contributed by atoms with van der Waals surface area (Å²) in [4.78, 5) is 11.3. The molecular formula is C11H16N2O. The Morgan fingerprint density at radius 3 is 2.36 bits per heavy atom. The first-order valence-corrected chi connectivity index (χ1v) is 4.72. The third kappa shape index (κ3) is 2.85. The number of nitrogens with two attached hydrogens (primary N) is 1. The summed E-state index contributed by atoms with van der Waals surface area (Å²) >= 11 is 0. The maximum absolute atomic E-state index is 11.3. The summed E-state index contributed by atoms with van der Waals surface area (Å²) in [5, 5.41) is 2.83. The van der Waals surface area contributed by atoms with Crippen LogP contribution >= 0.6 is 0 Å². The van der Waals surface area contributed by atoms with Crippen molar-refractivity contribution in [3.8, 4) is 0 Å². The first-order chi connectivity index (χ1) is 6.61. The van der Waals surface area contributed by atoms with Gasteiger partial charge >= 0.3 is 0 Å². The highest BCUT2D eigenvalue weighted by Crippen LogP contribution is 2.10. The third-order valence-electron chi connectivity index (χ3n) is 2.07. The van der Waals surface area contributed by atoms with E-state index in [0.29, 0.717) is 0 Å². The SMILES string of the molecule is C[C@H](NC(=O)[C@@H](C)N)c1ccccc1. The van der Waals surface area contributed by atoms with Gasteiger partial charge in [-0.2, -0.15) is 0 Å². The zero-order valence-corrected chi connectivity index (χ0v) is 8.53. The van der Waals surface area contributed by atoms with Gasteiger partial charge in [0.15, 0.2) is 0 Å². The highest BCUT2D eigenvalue weighted by molar-refractivity contribution is 5.81. The molecule has 0 aromatic heterocycles. The van der Waals surface area contributed by atoms with Crippen molar-refractivity contribution < 1.29 is 4.79 Å². The van der Waals surface area contributed by atoms with Crippen molar-refractivity contribution in [2.45, 2.75) is 25.9 Å². The zero-order valence-electron chi connectivity index (χ0n) is 8.53. The Hall–Kier alpha value is -1.35. The Labute approximate surface area is 84.3 Å². The zero-order chi connectivity index (χ0) is 10.6. The number of carbonyl (C=O) groups excluding carboxylic acids is 1. The molecule has 1 aromatic rings. The lowest BCUT2D eigenvalue weighted by Crippen LogP contribution is -2.39. The summed E-state index contributed by atoms with van der Waals surface area (Å²) in [5.41, 5.74) is 6.53. The minimum atomic E-state index is -0.457. The molecule has 0 aliphatic carbocycles. The van der Waals surface area contributed by atoms with Crippen LogP contribution < -0.4 is 11.1 Å². The summed E-state index contributed by atoms with van der Waals surface area (Å²) in [6.45, 7) is 3.61. The number of hydrogen-bond acceptors (Lipinski definition) is 2. The van der Waals surface area contributed by atoms with Gasteiger partial charge in [-0.25, -0.2) is 0 Å². The lowest BCUT2D eigenvalue weighted by Gasteiger charge is -2.15. The maximum atomic E-state index is 11.3. The van der Waals surface area contributed by atoms with Crippen molar-refractivity contribution in [3.63, 3.8) is 0 Å². The molecule has 3 nitrogen and oxygen atoms in total. The molecule has 0 spiro atoms. The first kappa shape index (κ1) is 10.7. The van der Waals surface area contributed by atoms with E-state index in [4.69, 9.17) is 5.73 Å². The number of carbonyl (C=O) groups is 1. The highest BCUT2D eigenvalue weighted by Gasteiger charge is 2.11. The van der Waals surface area contributed by atoms with Crippen molar-refractivity contribution in [2.24, 2.45) is 5.73 Å². The topological polar surface area (TPSA) is 55.1 Å². The number of nitrogens with one attached hydrogen (secondary N) is 1. The Morgan fingerprint density at radius 2 is 1.86 bits per heavy atom. The molecule has 0 heterocycles. The molecule has 0 bridgehead atoms. The van der Waals surface area contributed by atoms with Crippen LogP contribution in [0.3, 0.4) is 0 Å². The van der Waals surface area contributed by atoms with Crippen LogP contribution in [0.15, 0.2) is 30.3 Å². The van der Waals surface area contributed by atoms with Crippen molar-refractivity contribution in [2.75, 3.05) is 0 Å². The van der Waals surface area contributed by atoms with E-state index in [-0.39, 0.29) is 11.9 Å². The van der Waals surface area contributed by atoms with Crippen LogP contribution in [-0.4, -0.2) is 11.9 Å². The molecule has 0 unspecified atom stereocenters. The van der Waals surface area contributed by atoms with E-state index in [1.807, 2.05) is 37.3 Å². The van der Waals surface area contributed by atoms with E-state index in [1.165, 1.54) is 0 Å². The molecule has 3 heteroatoms. The van der Waals surface area contributed by atoms with Gasteiger partial charge < -0.3 is 11.1 Å². The smallest absolute Gasteiger partial charge is 0.237 e. The summed E-state index contributed by atoms with van der Waals surface area (Å²) < 4.78 is 0. The van der Waals surface area contributed by atoms with E-state index in [9.17, 15) is 4.79 Å². The van der Waals surface area contributed by atoms with Crippen LogP contribution in [0.25, 0.3) is 0 Å². The monoisotopic (exact) mass is 192 g/mol. The van der Waals surface area contributed by atoms with E-state index < -0.39 is 6.04 Å². The Balaban J connectivity index is 2.59. The van der Waals surface area contributed by atoms with Gasteiger partial charge in [0.25, 0.3) is 0 Å². The van der Waals surface area contributed by atoms with Gasteiger partial charge in [0.05, 0.1) is 12.1 Å². The molecule has 14 heavy (non-hydrogen) atoms. The van der Waals surface area contributed by atoms with Crippen LogP contribution in [0.5, 0.6) is 0 Å². The normalized spacial score (nSPS) is 14.5. The Kier molecular flexibility index (Phi) is 3.65. The van der Waals surface area contributed by atoms with Crippen molar-refractivity contribution in [1.82, 2.24) is 5.32 Å². The van der Waals surface area contributed by atoms with Gasteiger partial charge in [-0.15, -0.1) is 0 Å². The van der Waals surface area contributed by atoms with E-state index in [1.54, 1.807) is 6.92 Å². The van der Waals surface area contributed by atoms with E-state index >= 15 is 0 Å². The largest absolute Gasteiger partial charge is 0.348 e. The number of hydrogen-bond donors (Lipinski definition) is 2. The van der Waals surface area contributed by atoms with Crippen LogP contribution in [0.1, 0.15) is 25.5 Å². The van der Waals surface area contributed by atoms with Crippen molar-refractivity contribution in [1.29, 1.82) is 0 Å². The molecule has 76 valence electrons. The summed E-state index contributed by atoms with van der Waals surface area (Å²) in [5.74, 6) is -0.124. The lowest BCUT2D eigenvalue weighted by atomic mass is 10.1. The molecule has 0 aliphatic heterocycles. The molecule has 0 saturated carbocycles. The van der Waals surface area contributed by atoms with Gasteiger partial charge in [-0.1, -0.05) is 30.3 Å². The maximum Gasteiger partial charge on any atom is 0.237 e. The average Bonchev–Trinajstić information content (AvgIpc) is 2.19. The predicted octanol–water partition coefficient (Wildman–Crippen LogP) is 1.21. The fraction of sp³-hybridized carbons (Fsp3) is 0.364. The second-order valence-corrected chi connectivity index (χ2v) is 3.43. The van der Waals surface area contributed by atoms with Crippen LogP contribution in [-0.2, 0) is 4.79 Å². The fourth-order valence-electron chi connectivity index (χ4n) is 1.17. The molecule has 0 fully saturated rings. The number of rotatable bonds is 3.